The minimum atomic E-state index is -0.0766. The Kier molecular flexibility index (Phi) is 3.54. The fraction of sp³-hybridized carbons (Fsp3) is 0.200. The van der Waals surface area contributed by atoms with E-state index in [1.165, 1.54) is 28.2 Å². The number of hydrogen-bond acceptors (Lipinski definition) is 4. The first kappa shape index (κ1) is 13.3. The predicted molar refractivity (Wildman–Crippen MR) is 86.0 cm³/mol. The number of amides is 1. The zero-order chi connectivity index (χ0) is 14.1. The van der Waals surface area contributed by atoms with Crippen molar-refractivity contribution in [1.82, 2.24) is 4.98 Å². The van der Waals surface area contributed by atoms with Gasteiger partial charge in [-0.05, 0) is 48.1 Å². The maximum Gasteiger partial charge on any atom is 0.267 e. The first-order valence-electron chi connectivity index (χ1n) is 6.42. The van der Waals surface area contributed by atoms with Crippen molar-refractivity contribution in [1.29, 1.82) is 0 Å². The lowest BCUT2D eigenvalue weighted by Crippen LogP contribution is -2.10. The van der Waals surface area contributed by atoms with E-state index >= 15 is 0 Å². The minimum absolute atomic E-state index is 0.0766. The highest BCUT2D eigenvalue weighted by Gasteiger charge is 2.13. The van der Waals surface area contributed by atoms with Crippen LogP contribution in [0.3, 0.4) is 0 Å². The SMILES string of the molecule is CCc1ccc2nc(NC(=O)c3sccc3C)sc2c1. The van der Waals surface area contributed by atoms with E-state index in [0.29, 0.717) is 5.13 Å². The molecule has 3 rings (SSSR count). The number of benzene rings is 1. The average Bonchev–Trinajstić information content (AvgIpc) is 3.03. The second kappa shape index (κ2) is 5.34. The van der Waals surface area contributed by atoms with Crippen molar-refractivity contribution in [3.8, 4) is 0 Å². The number of aryl methyl sites for hydroxylation is 2. The molecule has 1 N–H and O–H groups in total. The predicted octanol–water partition coefficient (Wildman–Crippen LogP) is 4.48. The van der Waals surface area contributed by atoms with Gasteiger partial charge in [0.1, 0.15) is 0 Å². The summed E-state index contributed by atoms with van der Waals surface area (Å²) >= 11 is 2.97. The average molecular weight is 302 g/mol. The summed E-state index contributed by atoms with van der Waals surface area (Å²) in [6.07, 6.45) is 1.00. The molecular formula is C15H14N2OS2. The van der Waals surface area contributed by atoms with E-state index in [1.54, 1.807) is 0 Å². The lowest BCUT2D eigenvalue weighted by molar-refractivity contribution is 0.103. The standard InChI is InChI=1S/C15H14N2OS2/c1-3-10-4-5-11-12(8-10)20-15(16-11)17-14(18)13-9(2)6-7-19-13/h4-8H,3H2,1-2H3,(H,16,17,18). The zero-order valence-corrected chi connectivity index (χ0v) is 12.9. The molecule has 2 aromatic heterocycles. The van der Waals surface area contributed by atoms with E-state index in [-0.39, 0.29) is 5.91 Å². The molecule has 1 amide bonds. The summed E-state index contributed by atoms with van der Waals surface area (Å²) < 4.78 is 1.11. The number of carbonyl (C=O) groups excluding carboxylic acids is 1. The molecule has 2 heterocycles. The van der Waals surface area contributed by atoms with Crippen LogP contribution >= 0.6 is 22.7 Å². The molecule has 1 aromatic carbocycles. The Morgan fingerprint density at radius 2 is 2.20 bits per heavy atom. The van der Waals surface area contributed by atoms with Gasteiger partial charge in [-0.25, -0.2) is 4.98 Å². The third kappa shape index (κ3) is 2.46. The summed E-state index contributed by atoms with van der Waals surface area (Å²) in [7, 11) is 0. The summed E-state index contributed by atoms with van der Waals surface area (Å²) in [4.78, 5) is 17.4. The first-order chi connectivity index (χ1) is 9.67. The molecule has 0 radical (unpaired) electrons. The van der Waals surface area contributed by atoms with E-state index in [0.717, 1.165) is 27.1 Å². The normalized spacial score (nSPS) is 10.9. The molecule has 0 fully saturated rings. The number of hydrogen-bond donors (Lipinski definition) is 1. The van der Waals surface area contributed by atoms with Gasteiger partial charge in [0.25, 0.3) is 5.91 Å². The number of nitrogens with one attached hydrogen (secondary N) is 1. The zero-order valence-electron chi connectivity index (χ0n) is 11.3. The number of anilines is 1. The molecule has 3 aromatic rings. The second-order valence-corrected chi connectivity index (χ2v) is 6.51. The summed E-state index contributed by atoms with van der Waals surface area (Å²) in [5, 5.41) is 5.48. The fourth-order valence-electron chi connectivity index (χ4n) is 2.00. The fourth-order valence-corrected chi connectivity index (χ4v) is 3.75. The molecule has 5 heteroatoms. The highest BCUT2D eigenvalue weighted by molar-refractivity contribution is 7.22. The number of fused-ring (bicyclic) bond motifs is 1. The maximum absolute atomic E-state index is 12.2. The quantitative estimate of drug-likeness (QED) is 0.775. The summed E-state index contributed by atoms with van der Waals surface area (Å²) in [5.41, 5.74) is 3.22. The van der Waals surface area contributed by atoms with Crippen LogP contribution in [0.4, 0.5) is 5.13 Å². The van der Waals surface area contributed by atoms with E-state index in [4.69, 9.17) is 0 Å². The Morgan fingerprint density at radius 3 is 2.90 bits per heavy atom. The smallest absolute Gasteiger partial charge is 0.267 e. The van der Waals surface area contributed by atoms with Crippen molar-refractivity contribution < 1.29 is 4.79 Å². The summed E-state index contributed by atoms with van der Waals surface area (Å²) in [6, 6.07) is 8.18. The number of rotatable bonds is 3. The van der Waals surface area contributed by atoms with Crippen LogP contribution < -0.4 is 5.32 Å². The van der Waals surface area contributed by atoms with Crippen LogP contribution in [0.5, 0.6) is 0 Å². The lowest BCUT2D eigenvalue weighted by atomic mass is 10.2. The summed E-state index contributed by atoms with van der Waals surface area (Å²) in [6.45, 7) is 4.07. The van der Waals surface area contributed by atoms with Crippen molar-refractivity contribution >= 4 is 43.9 Å². The monoisotopic (exact) mass is 302 g/mol. The molecular weight excluding hydrogens is 288 g/mol. The van der Waals surface area contributed by atoms with Crippen LogP contribution in [-0.2, 0) is 6.42 Å². The molecule has 0 spiro atoms. The Hall–Kier alpha value is -1.72. The topological polar surface area (TPSA) is 42.0 Å². The maximum atomic E-state index is 12.2. The minimum Gasteiger partial charge on any atom is -0.297 e. The molecule has 20 heavy (non-hydrogen) atoms. The number of carbonyl (C=O) groups is 1. The number of nitrogens with zero attached hydrogens (tertiary/aromatic N) is 1. The van der Waals surface area contributed by atoms with Crippen molar-refractivity contribution in [2.24, 2.45) is 0 Å². The van der Waals surface area contributed by atoms with Gasteiger partial charge in [0.2, 0.25) is 0 Å². The lowest BCUT2D eigenvalue weighted by Gasteiger charge is -1.99. The Labute approximate surface area is 125 Å². The first-order valence-corrected chi connectivity index (χ1v) is 8.12. The number of thiophene rings is 1. The highest BCUT2D eigenvalue weighted by atomic mass is 32.1. The molecule has 0 aliphatic heterocycles. The van der Waals surface area contributed by atoms with E-state index < -0.39 is 0 Å². The van der Waals surface area contributed by atoms with Crippen LogP contribution in [0.25, 0.3) is 10.2 Å². The van der Waals surface area contributed by atoms with Crippen LogP contribution in [0.15, 0.2) is 29.6 Å². The molecule has 3 nitrogen and oxygen atoms in total. The van der Waals surface area contributed by atoms with Crippen molar-refractivity contribution in [2.75, 3.05) is 5.32 Å². The van der Waals surface area contributed by atoms with Gasteiger partial charge in [-0.1, -0.05) is 24.3 Å². The van der Waals surface area contributed by atoms with Crippen molar-refractivity contribution in [3.05, 3.63) is 45.6 Å². The van der Waals surface area contributed by atoms with Gasteiger partial charge in [0.15, 0.2) is 5.13 Å². The highest BCUT2D eigenvalue weighted by Crippen LogP contribution is 2.28. The van der Waals surface area contributed by atoms with Crippen LogP contribution in [0.1, 0.15) is 27.7 Å². The molecule has 0 saturated carbocycles. The molecule has 0 aliphatic rings. The molecule has 0 bridgehead atoms. The van der Waals surface area contributed by atoms with Gasteiger partial charge in [-0.3, -0.25) is 10.1 Å². The van der Waals surface area contributed by atoms with Gasteiger partial charge in [0, 0.05) is 0 Å². The Bertz CT molecular complexity index is 773. The molecule has 102 valence electrons. The third-order valence-corrected chi connectivity index (χ3v) is 5.10. The molecule has 0 atom stereocenters. The summed E-state index contributed by atoms with van der Waals surface area (Å²) in [5.74, 6) is -0.0766. The van der Waals surface area contributed by atoms with E-state index in [2.05, 4.69) is 29.4 Å². The van der Waals surface area contributed by atoms with Gasteiger partial charge < -0.3 is 0 Å². The third-order valence-electron chi connectivity index (χ3n) is 3.15. The van der Waals surface area contributed by atoms with Crippen molar-refractivity contribution in [2.45, 2.75) is 20.3 Å². The second-order valence-electron chi connectivity index (χ2n) is 4.56. The van der Waals surface area contributed by atoms with Crippen LogP contribution in [0, 0.1) is 6.92 Å². The Balaban J connectivity index is 1.88. The number of aromatic nitrogens is 1. The van der Waals surface area contributed by atoms with E-state index in [9.17, 15) is 4.79 Å². The molecule has 0 aliphatic carbocycles. The Morgan fingerprint density at radius 1 is 1.35 bits per heavy atom. The molecule has 0 saturated heterocycles. The van der Waals surface area contributed by atoms with Crippen LogP contribution in [0.2, 0.25) is 0 Å². The van der Waals surface area contributed by atoms with E-state index in [1.807, 2.05) is 24.4 Å². The van der Waals surface area contributed by atoms with Gasteiger partial charge in [-0.2, -0.15) is 0 Å². The molecule has 0 unspecified atom stereocenters. The van der Waals surface area contributed by atoms with Crippen molar-refractivity contribution in [3.63, 3.8) is 0 Å². The van der Waals surface area contributed by atoms with Gasteiger partial charge >= 0.3 is 0 Å². The van der Waals surface area contributed by atoms with Gasteiger partial charge in [0.05, 0.1) is 15.1 Å². The largest absolute Gasteiger partial charge is 0.297 e. The van der Waals surface area contributed by atoms with Gasteiger partial charge in [-0.15, -0.1) is 11.3 Å². The van der Waals surface area contributed by atoms with Crippen LogP contribution in [-0.4, -0.2) is 10.9 Å². The number of thiazole rings is 1.